The molecule has 1 amide bonds. The largest absolute Gasteiger partial charge is 0.378 e. The molecule has 1 saturated carbocycles. The number of nitrogens with zero attached hydrogens (tertiary/aromatic N) is 1. The molecule has 2 fully saturated rings. The predicted octanol–water partition coefficient (Wildman–Crippen LogP) is 4.59. The van der Waals surface area contributed by atoms with E-state index in [2.05, 4.69) is 58.5 Å². The summed E-state index contributed by atoms with van der Waals surface area (Å²) in [5.41, 5.74) is 1.81. The third-order valence-corrected chi connectivity index (χ3v) is 7.03. The van der Waals surface area contributed by atoms with Crippen molar-refractivity contribution in [1.29, 1.82) is 0 Å². The third kappa shape index (κ3) is 3.81. The molecule has 1 aliphatic heterocycles. The molecule has 1 heterocycles. The Morgan fingerprint density at radius 2 is 1.83 bits per heavy atom. The first kappa shape index (κ1) is 19.3. The lowest BCUT2D eigenvalue weighted by molar-refractivity contribution is -0.127. The van der Waals surface area contributed by atoms with Crippen molar-refractivity contribution in [3.8, 4) is 0 Å². The Morgan fingerprint density at radius 3 is 2.29 bits per heavy atom. The average Bonchev–Trinajstić information content (AvgIpc) is 2.49. The molecule has 3 nitrogen and oxygen atoms in total. The Labute approximate surface area is 149 Å². The van der Waals surface area contributed by atoms with Crippen LogP contribution in [0.3, 0.4) is 0 Å². The summed E-state index contributed by atoms with van der Waals surface area (Å²) in [6, 6.07) is 0.361. The van der Waals surface area contributed by atoms with Gasteiger partial charge in [0, 0.05) is 31.2 Å². The van der Waals surface area contributed by atoms with E-state index in [1.165, 1.54) is 12.8 Å². The van der Waals surface area contributed by atoms with Gasteiger partial charge in [0.15, 0.2) is 0 Å². The fourth-order valence-electron chi connectivity index (χ4n) is 5.06. The number of amides is 1. The van der Waals surface area contributed by atoms with Crippen molar-refractivity contribution in [3.05, 3.63) is 12.3 Å². The van der Waals surface area contributed by atoms with Gasteiger partial charge in [0.2, 0.25) is 5.91 Å². The van der Waals surface area contributed by atoms with Crippen molar-refractivity contribution in [2.75, 3.05) is 13.6 Å². The summed E-state index contributed by atoms with van der Waals surface area (Å²) in [5, 5.41) is 3.35. The van der Waals surface area contributed by atoms with Gasteiger partial charge >= 0.3 is 0 Å². The zero-order valence-corrected chi connectivity index (χ0v) is 16.7. The van der Waals surface area contributed by atoms with Gasteiger partial charge in [-0.2, -0.15) is 0 Å². The molecule has 0 radical (unpaired) electrons. The minimum atomic E-state index is 0.119. The van der Waals surface area contributed by atoms with E-state index in [4.69, 9.17) is 0 Å². The predicted molar refractivity (Wildman–Crippen MR) is 102 cm³/mol. The molecular weight excluding hydrogens is 296 g/mol. The van der Waals surface area contributed by atoms with Crippen LogP contribution < -0.4 is 5.32 Å². The smallest absolute Gasteiger partial charge is 0.223 e. The quantitative estimate of drug-likeness (QED) is 0.819. The molecule has 0 bridgehead atoms. The minimum Gasteiger partial charge on any atom is -0.378 e. The topological polar surface area (TPSA) is 32.3 Å². The van der Waals surface area contributed by atoms with Gasteiger partial charge in [-0.1, -0.05) is 41.2 Å². The molecule has 1 saturated heterocycles. The Hall–Kier alpha value is -0.990. The van der Waals surface area contributed by atoms with Crippen LogP contribution in [0.5, 0.6) is 0 Å². The first-order chi connectivity index (χ1) is 11.1. The van der Waals surface area contributed by atoms with Crippen molar-refractivity contribution in [1.82, 2.24) is 10.2 Å². The lowest BCUT2D eigenvalue weighted by Crippen LogP contribution is -2.49. The van der Waals surface area contributed by atoms with E-state index in [1.54, 1.807) is 0 Å². The van der Waals surface area contributed by atoms with Crippen molar-refractivity contribution < 1.29 is 4.79 Å². The summed E-state index contributed by atoms with van der Waals surface area (Å²) >= 11 is 0. The van der Waals surface area contributed by atoms with E-state index < -0.39 is 0 Å². The molecule has 0 spiro atoms. The van der Waals surface area contributed by atoms with Crippen LogP contribution in [0.1, 0.15) is 73.1 Å². The van der Waals surface area contributed by atoms with E-state index in [0.29, 0.717) is 22.8 Å². The van der Waals surface area contributed by atoms with Gasteiger partial charge in [-0.3, -0.25) is 4.79 Å². The summed E-state index contributed by atoms with van der Waals surface area (Å²) in [6.07, 6.45) is 6.45. The average molecular weight is 335 g/mol. The fourth-order valence-corrected chi connectivity index (χ4v) is 5.06. The number of rotatable bonds is 3. The van der Waals surface area contributed by atoms with Crippen LogP contribution in [0.4, 0.5) is 0 Å². The summed E-state index contributed by atoms with van der Waals surface area (Å²) in [4.78, 5) is 14.8. The van der Waals surface area contributed by atoms with E-state index in [-0.39, 0.29) is 11.8 Å². The number of carbonyl (C=O) groups excluding carboxylic acids is 1. The van der Waals surface area contributed by atoms with Gasteiger partial charge in [0.25, 0.3) is 0 Å². The number of piperidine rings is 1. The van der Waals surface area contributed by atoms with Gasteiger partial charge in [0.05, 0.1) is 0 Å². The Kier molecular flexibility index (Phi) is 5.71. The van der Waals surface area contributed by atoms with Gasteiger partial charge in [0.1, 0.15) is 0 Å². The van der Waals surface area contributed by atoms with E-state index in [9.17, 15) is 4.79 Å². The van der Waals surface area contributed by atoms with Gasteiger partial charge < -0.3 is 10.2 Å². The molecule has 2 rings (SSSR count). The van der Waals surface area contributed by atoms with Gasteiger partial charge in [-0.05, 0) is 55.3 Å². The zero-order valence-electron chi connectivity index (χ0n) is 16.7. The van der Waals surface area contributed by atoms with Gasteiger partial charge in [-0.25, -0.2) is 0 Å². The molecule has 1 N–H and O–H groups in total. The molecule has 1 atom stereocenters. The molecule has 24 heavy (non-hydrogen) atoms. The number of hydrogen-bond acceptors (Lipinski definition) is 2. The third-order valence-electron chi connectivity index (χ3n) is 7.03. The van der Waals surface area contributed by atoms with Crippen LogP contribution in [0, 0.1) is 22.7 Å². The number of hydrogen-bond donors (Lipinski definition) is 1. The molecule has 3 heteroatoms. The molecule has 0 aromatic heterocycles. The lowest BCUT2D eigenvalue weighted by Gasteiger charge is -2.52. The SMILES string of the molecule is C=C1CC(C(=O)NC2CCC(C(C)C)(C(C)(C)C)CC2)CCN1C. The molecule has 2 aliphatic rings. The highest BCUT2D eigenvalue weighted by Gasteiger charge is 2.46. The number of nitrogens with one attached hydrogen (secondary N) is 1. The molecular formula is C21H38N2O. The highest BCUT2D eigenvalue weighted by Crippen LogP contribution is 2.54. The second-order valence-corrected chi connectivity index (χ2v) is 9.52. The number of likely N-dealkylation sites (tertiary alicyclic amines) is 1. The molecule has 1 unspecified atom stereocenters. The zero-order chi connectivity index (χ0) is 18.1. The number of carbonyl (C=O) groups is 1. The lowest BCUT2D eigenvalue weighted by atomic mass is 9.54. The van der Waals surface area contributed by atoms with Crippen LogP contribution in [0.25, 0.3) is 0 Å². The Morgan fingerprint density at radius 1 is 1.25 bits per heavy atom. The number of allylic oxidation sites excluding steroid dienone is 1. The van der Waals surface area contributed by atoms with E-state index >= 15 is 0 Å². The maximum Gasteiger partial charge on any atom is 0.223 e. The van der Waals surface area contributed by atoms with Crippen LogP contribution in [0.2, 0.25) is 0 Å². The summed E-state index contributed by atoms with van der Waals surface area (Å²) in [5.74, 6) is 1.06. The summed E-state index contributed by atoms with van der Waals surface area (Å²) < 4.78 is 0. The fraction of sp³-hybridized carbons (Fsp3) is 0.857. The maximum absolute atomic E-state index is 12.6. The minimum absolute atomic E-state index is 0.119. The Bertz CT molecular complexity index is 467. The van der Waals surface area contributed by atoms with Crippen molar-refractivity contribution in [2.24, 2.45) is 22.7 Å². The normalized spacial score (nSPS) is 32.1. The van der Waals surface area contributed by atoms with Gasteiger partial charge in [-0.15, -0.1) is 0 Å². The standard InChI is InChI=1S/C21H38N2O/c1-15(2)21(20(4,5)6)11-8-18(9-12-21)22-19(24)17-10-13-23(7)16(3)14-17/h15,17-18H,3,8-14H2,1-2,4-7H3,(H,22,24). The highest BCUT2D eigenvalue weighted by atomic mass is 16.1. The summed E-state index contributed by atoms with van der Waals surface area (Å²) in [7, 11) is 2.07. The highest BCUT2D eigenvalue weighted by molar-refractivity contribution is 5.79. The molecule has 0 aromatic carbocycles. The molecule has 1 aliphatic carbocycles. The molecule has 138 valence electrons. The monoisotopic (exact) mass is 334 g/mol. The van der Waals surface area contributed by atoms with E-state index in [0.717, 1.165) is 37.9 Å². The van der Waals surface area contributed by atoms with Crippen molar-refractivity contribution in [2.45, 2.75) is 79.2 Å². The first-order valence-electron chi connectivity index (χ1n) is 9.76. The van der Waals surface area contributed by atoms with E-state index in [1.807, 2.05) is 0 Å². The molecule has 0 aromatic rings. The van der Waals surface area contributed by atoms with Crippen LogP contribution in [0.15, 0.2) is 12.3 Å². The van der Waals surface area contributed by atoms with Crippen molar-refractivity contribution >= 4 is 5.91 Å². The first-order valence-corrected chi connectivity index (χ1v) is 9.76. The van der Waals surface area contributed by atoms with Crippen LogP contribution >= 0.6 is 0 Å². The van der Waals surface area contributed by atoms with Crippen molar-refractivity contribution in [3.63, 3.8) is 0 Å². The summed E-state index contributed by atoms with van der Waals surface area (Å²) in [6.45, 7) is 16.9. The van der Waals surface area contributed by atoms with Crippen LogP contribution in [-0.4, -0.2) is 30.4 Å². The Balaban J connectivity index is 1.91. The second kappa shape index (κ2) is 7.09. The maximum atomic E-state index is 12.6. The van der Waals surface area contributed by atoms with Crippen LogP contribution in [-0.2, 0) is 4.79 Å². The second-order valence-electron chi connectivity index (χ2n) is 9.52.